The average Bonchev–Trinajstić information content (AvgIpc) is 2.92. The predicted octanol–water partition coefficient (Wildman–Crippen LogP) is 4.75. The summed E-state index contributed by atoms with van der Waals surface area (Å²) in [6, 6.07) is 15.5. The highest BCUT2D eigenvalue weighted by molar-refractivity contribution is 6.18. The lowest BCUT2D eigenvalue weighted by Crippen LogP contribution is -2.44. The van der Waals surface area contributed by atoms with Crippen molar-refractivity contribution in [2.75, 3.05) is 7.11 Å². The summed E-state index contributed by atoms with van der Waals surface area (Å²) >= 11 is 0. The molecule has 5 rings (SSSR count). The van der Waals surface area contributed by atoms with Crippen LogP contribution in [0.1, 0.15) is 45.7 Å². The van der Waals surface area contributed by atoms with Crippen LogP contribution in [0, 0.1) is 5.92 Å². The van der Waals surface area contributed by atoms with Crippen LogP contribution in [0.15, 0.2) is 60.7 Å². The van der Waals surface area contributed by atoms with E-state index in [9.17, 15) is 9.59 Å². The zero-order valence-corrected chi connectivity index (χ0v) is 17.9. The zero-order chi connectivity index (χ0) is 21.5. The van der Waals surface area contributed by atoms with Crippen molar-refractivity contribution in [3.8, 4) is 5.75 Å². The number of benzene rings is 2. The molecule has 2 heterocycles. The maximum absolute atomic E-state index is 14.0. The first-order chi connectivity index (χ1) is 15.1. The molecule has 3 aromatic rings. The van der Waals surface area contributed by atoms with Crippen molar-refractivity contribution in [2.24, 2.45) is 13.0 Å². The van der Waals surface area contributed by atoms with E-state index < -0.39 is 0 Å². The van der Waals surface area contributed by atoms with Gasteiger partial charge in [0.1, 0.15) is 11.4 Å². The number of aryl methyl sites for hydroxylation is 1. The third-order valence-electron chi connectivity index (χ3n) is 6.72. The largest absolute Gasteiger partial charge is 0.497 e. The van der Waals surface area contributed by atoms with Crippen LogP contribution in [-0.2, 0) is 13.6 Å². The smallest absolute Gasteiger partial charge is 0.271 e. The molecule has 0 bridgehead atoms. The van der Waals surface area contributed by atoms with E-state index in [0.717, 1.165) is 35.1 Å². The molecular weight excluding hydrogens is 388 g/mol. The Morgan fingerprint density at radius 1 is 1.03 bits per heavy atom. The molecule has 1 aliphatic carbocycles. The molecule has 1 aliphatic heterocycles. The number of allylic oxidation sites excluding steroid dienone is 2. The Hall–Kier alpha value is -3.34. The maximum Gasteiger partial charge on any atom is 0.271 e. The van der Waals surface area contributed by atoms with Crippen molar-refractivity contribution in [3.63, 3.8) is 0 Å². The molecule has 158 valence electrons. The average molecular weight is 415 g/mol. The van der Waals surface area contributed by atoms with Gasteiger partial charge in [0.2, 0.25) is 0 Å². The fourth-order valence-electron chi connectivity index (χ4n) is 5.12. The standard InChI is InChI=1S/C26H26N2O3/c1-27-21-10-7-6-8-19(21)23-24(27)26(30)28(16-17-12-14-18(31-2)15-13-17)22-11-5-3-4-9-20(22)25(23)29/h3-4,6-8,10,12-15,20,22H,5,9,11,16H2,1-2H3. The van der Waals surface area contributed by atoms with Gasteiger partial charge in [-0.2, -0.15) is 0 Å². The summed E-state index contributed by atoms with van der Waals surface area (Å²) in [7, 11) is 3.53. The molecule has 1 amide bonds. The summed E-state index contributed by atoms with van der Waals surface area (Å²) in [5, 5.41) is 0.872. The van der Waals surface area contributed by atoms with Crippen LogP contribution < -0.4 is 4.74 Å². The fourth-order valence-corrected chi connectivity index (χ4v) is 5.12. The zero-order valence-electron chi connectivity index (χ0n) is 17.9. The number of hydrogen-bond acceptors (Lipinski definition) is 3. The topological polar surface area (TPSA) is 51.5 Å². The first-order valence-electron chi connectivity index (χ1n) is 10.8. The number of ketones is 1. The lowest BCUT2D eigenvalue weighted by Gasteiger charge is -2.34. The van der Waals surface area contributed by atoms with Gasteiger partial charge in [-0.15, -0.1) is 0 Å². The van der Waals surface area contributed by atoms with Crippen molar-refractivity contribution in [1.82, 2.24) is 9.47 Å². The van der Waals surface area contributed by atoms with Crippen LogP contribution in [0.2, 0.25) is 0 Å². The molecule has 2 atom stereocenters. The van der Waals surface area contributed by atoms with Crippen molar-refractivity contribution in [1.29, 1.82) is 0 Å². The number of amides is 1. The first-order valence-corrected chi connectivity index (χ1v) is 10.8. The van der Waals surface area contributed by atoms with Gasteiger partial charge in [-0.05, 0) is 43.0 Å². The Balaban J connectivity index is 1.66. The van der Waals surface area contributed by atoms with Crippen molar-refractivity contribution < 1.29 is 14.3 Å². The quantitative estimate of drug-likeness (QED) is 0.581. The number of para-hydroxylation sites is 1. The Kier molecular flexibility index (Phi) is 4.89. The third-order valence-corrected chi connectivity index (χ3v) is 6.72. The summed E-state index contributed by atoms with van der Waals surface area (Å²) in [6.07, 6.45) is 6.58. The minimum absolute atomic E-state index is 0.0627. The molecule has 0 spiro atoms. The third kappa shape index (κ3) is 3.16. The van der Waals surface area contributed by atoms with Crippen LogP contribution in [0.25, 0.3) is 10.9 Å². The van der Waals surface area contributed by atoms with Crippen LogP contribution in [-0.4, -0.2) is 34.3 Å². The second-order valence-corrected chi connectivity index (χ2v) is 8.40. The number of fused-ring (bicyclic) bond motifs is 4. The van der Waals surface area contributed by atoms with E-state index in [2.05, 4.69) is 12.2 Å². The van der Waals surface area contributed by atoms with Crippen LogP contribution in [0.3, 0.4) is 0 Å². The molecule has 0 radical (unpaired) electrons. The van der Waals surface area contributed by atoms with Gasteiger partial charge in [-0.3, -0.25) is 9.59 Å². The number of nitrogens with zero attached hydrogens (tertiary/aromatic N) is 2. The SMILES string of the molecule is COc1ccc(CN2C(=O)c3c(c4ccccc4n3C)C(=O)C3CC=CCCC32)cc1. The van der Waals surface area contributed by atoms with Gasteiger partial charge in [-0.1, -0.05) is 42.5 Å². The van der Waals surface area contributed by atoms with Gasteiger partial charge < -0.3 is 14.2 Å². The summed E-state index contributed by atoms with van der Waals surface area (Å²) in [5.41, 5.74) is 3.04. The van der Waals surface area contributed by atoms with Crippen molar-refractivity contribution in [2.45, 2.75) is 31.8 Å². The van der Waals surface area contributed by atoms with E-state index in [-0.39, 0.29) is 23.7 Å². The van der Waals surface area contributed by atoms with Crippen molar-refractivity contribution >= 4 is 22.6 Å². The van der Waals surface area contributed by atoms with Gasteiger partial charge in [0.15, 0.2) is 5.78 Å². The number of ether oxygens (including phenoxy) is 1. The van der Waals surface area contributed by atoms with E-state index in [0.29, 0.717) is 24.2 Å². The second kappa shape index (κ2) is 7.73. The molecule has 0 N–H and O–H groups in total. The lowest BCUT2D eigenvalue weighted by molar-refractivity contribution is 0.0565. The summed E-state index contributed by atoms with van der Waals surface area (Å²) in [5.74, 6) is 0.586. The van der Waals surface area contributed by atoms with Crippen LogP contribution in [0.5, 0.6) is 5.75 Å². The molecule has 0 fully saturated rings. The Bertz CT molecular complexity index is 1190. The Morgan fingerprint density at radius 3 is 2.58 bits per heavy atom. The Morgan fingerprint density at radius 2 is 1.81 bits per heavy atom. The number of aromatic nitrogens is 1. The predicted molar refractivity (Wildman–Crippen MR) is 120 cm³/mol. The van der Waals surface area contributed by atoms with E-state index in [4.69, 9.17) is 4.74 Å². The molecule has 2 aliphatic rings. The number of carbonyl (C=O) groups is 2. The number of Topliss-reactive ketones (excluding diaryl/α,β-unsaturated/α-hetero) is 1. The number of carbonyl (C=O) groups excluding carboxylic acids is 2. The van der Waals surface area contributed by atoms with E-state index in [1.807, 2.05) is 65.0 Å². The minimum Gasteiger partial charge on any atom is -0.497 e. The number of rotatable bonds is 3. The molecule has 31 heavy (non-hydrogen) atoms. The van der Waals surface area contributed by atoms with E-state index in [1.165, 1.54) is 0 Å². The summed E-state index contributed by atoms with van der Waals surface area (Å²) < 4.78 is 7.17. The van der Waals surface area contributed by atoms with Crippen LogP contribution >= 0.6 is 0 Å². The van der Waals surface area contributed by atoms with E-state index in [1.54, 1.807) is 7.11 Å². The number of methoxy groups -OCH3 is 1. The number of hydrogen-bond donors (Lipinski definition) is 0. The summed E-state index contributed by atoms with van der Waals surface area (Å²) in [4.78, 5) is 29.7. The van der Waals surface area contributed by atoms with E-state index >= 15 is 0 Å². The second-order valence-electron chi connectivity index (χ2n) is 8.40. The fraction of sp³-hybridized carbons (Fsp3) is 0.308. The van der Waals surface area contributed by atoms with Gasteiger partial charge in [0.05, 0.1) is 12.7 Å². The highest BCUT2D eigenvalue weighted by Crippen LogP contribution is 2.38. The van der Waals surface area contributed by atoms with Crippen LogP contribution in [0.4, 0.5) is 0 Å². The molecule has 2 unspecified atom stereocenters. The van der Waals surface area contributed by atoms with Gasteiger partial charge >= 0.3 is 0 Å². The van der Waals surface area contributed by atoms with Gasteiger partial charge in [-0.25, -0.2) is 0 Å². The molecule has 0 saturated heterocycles. The molecule has 1 aromatic heterocycles. The molecule has 0 saturated carbocycles. The molecule has 2 aromatic carbocycles. The Labute approximate surface area is 181 Å². The lowest BCUT2D eigenvalue weighted by atomic mass is 9.87. The van der Waals surface area contributed by atoms with Crippen molar-refractivity contribution in [3.05, 3.63) is 77.5 Å². The minimum atomic E-state index is -0.229. The first kappa shape index (κ1) is 19.6. The molecular formula is C26H26N2O3. The summed E-state index contributed by atoms with van der Waals surface area (Å²) in [6.45, 7) is 0.470. The monoisotopic (exact) mass is 414 g/mol. The molecule has 5 heteroatoms. The highest BCUT2D eigenvalue weighted by atomic mass is 16.5. The highest BCUT2D eigenvalue weighted by Gasteiger charge is 2.43. The van der Waals surface area contributed by atoms with Gasteiger partial charge in [0.25, 0.3) is 5.91 Å². The normalized spacial score (nSPS) is 20.9. The van der Waals surface area contributed by atoms with Gasteiger partial charge in [0, 0.05) is 36.5 Å². The maximum atomic E-state index is 14.0. The molecule has 5 nitrogen and oxygen atoms in total.